The Balaban J connectivity index is 2.13. The van der Waals surface area contributed by atoms with Crippen LogP contribution in [0.15, 0.2) is 47.4 Å². The molecule has 2 aromatic rings. The van der Waals surface area contributed by atoms with Crippen LogP contribution in [0.2, 0.25) is 0 Å². The molecule has 0 aliphatic carbocycles. The highest BCUT2D eigenvalue weighted by atomic mass is 32.2. The second kappa shape index (κ2) is 7.17. The van der Waals surface area contributed by atoms with Gasteiger partial charge in [-0.25, -0.2) is 0 Å². The first-order valence-electron chi connectivity index (χ1n) is 6.23. The Kier molecular flexibility index (Phi) is 5.27. The van der Waals surface area contributed by atoms with Crippen LogP contribution < -0.4 is 10.1 Å². The largest absolute Gasteiger partial charge is 0.508 e. The molecule has 6 heteroatoms. The van der Waals surface area contributed by atoms with Crippen LogP contribution in [0, 0.1) is 0 Å². The molecule has 0 bridgehead atoms. The van der Waals surface area contributed by atoms with Crippen LogP contribution in [0.5, 0.6) is 11.5 Å². The number of anilines is 1. The Bertz CT molecular complexity index is 608. The highest BCUT2D eigenvalue weighted by Crippen LogP contribution is 2.32. The number of ether oxygens (including phenoxy) is 1. The minimum absolute atomic E-state index is 0.127. The third kappa shape index (κ3) is 4.26. The van der Waals surface area contributed by atoms with Crippen LogP contribution in [0.25, 0.3) is 0 Å². The molecule has 3 nitrogen and oxygen atoms in total. The first kappa shape index (κ1) is 15.4. The number of methoxy groups -OCH3 is 1. The summed E-state index contributed by atoms with van der Waals surface area (Å²) in [7, 11) is 1.54. The van der Waals surface area contributed by atoms with E-state index < -0.39 is 5.76 Å². The zero-order valence-corrected chi connectivity index (χ0v) is 12.2. The Morgan fingerprint density at radius 2 is 2.00 bits per heavy atom. The van der Waals surface area contributed by atoms with Crippen molar-refractivity contribution < 1.29 is 18.6 Å². The second-order valence-corrected chi connectivity index (χ2v) is 5.25. The number of aromatic hydroxyl groups is 1. The van der Waals surface area contributed by atoms with E-state index in [-0.39, 0.29) is 5.75 Å². The highest BCUT2D eigenvalue weighted by molar-refractivity contribution is 7.99. The summed E-state index contributed by atoms with van der Waals surface area (Å²) in [6, 6.07) is 11.7. The lowest BCUT2D eigenvalue weighted by Gasteiger charge is -2.13. The number of phenolic OH excluding ortho intramolecular Hbond substituents is 1. The molecule has 2 rings (SSSR count). The Labute approximate surface area is 125 Å². The van der Waals surface area contributed by atoms with Gasteiger partial charge in [0.15, 0.2) is 0 Å². The van der Waals surface area contributed by atoms with Gasteiger partial charge in [-0.3, -0.25) is 0 Å². The summed E-state index contributed by atoms with van der Waals surface area (Å²) >= 11 is 0.489. The molecule has 0 saturated carbocycles. The number of nitrogens with one attached hydrogen (secondary N) is 1. The summed E-state index contributed by atoms with van der Waals surface area (Å²) in [4.78, 5) is 0.467. The molecule has 0 amide bonds. The van der Waals surface area contributed by atoms with E-state index in [1.807, 2.05) is 0 Å². The average molecular weight is 311 g/mol. The molecule has 0 aromatic heterocycles. The fourth-order valence-electron chi connectivity index (χ4n) is 1.83. The number of hydrogen-bond acceptors (Lipinski definition) is 4. The standard InChI is InChI=1S/C15H15F2NO2S/c1-20-11-6-7-13(19)10(8-11)9-18-12-4-2-3-5-14(12)21-15(16)17/h2-8,15,18-19H,9H2,1H3. The molecule has 2 aromatic carbocycles. The number of thioether (sulfide) groups is 1. The molecule has 0 heterocycles. The van der Waals surface area contributed by atoms with Gasteiger partial charge in [0.2, 0.25) is 0 Å². The normalized spacial score (nSPS) is 10.7. The molecular formula is C15H15F2NO2S. The van der Waals surface area contributed by atoms with Crippen molar-refractivity contribution in [2.75, 3.05) is 12.4 Å². The minimum atomic E-state index is -2.47. The predicted molar refractivity (Wildman–Crippen MR) is 80.3 cm³/mol. The number of hydrogen-bond donors (Lipinski definition) is 2. The lowest BCUT2D eigenvalue weighted by atomic mass is 10.2. The van der Waals surface area contributed by atoms with Gasteiger partial charge in [-0.15, -0.1) is 0 Å². The van der Waals surface area contributed by atoms with Crippen LogP contribution in [-0.2, 0) is 6.54 Å². The number of phenols is 1. The fourth-order valence-corrected chi connectivity index (χ4v) is 2.45. The topological polar surface area (TPSA) is 41.5 Å². The Morgan fingerprint density at radius 3 is 2.71 bits per heavy atom. The Morgan fingerprint density at radius 1 is 1.24 bits per heavy atom. The van der Waals surface area contributed by atoms with Crippen molar-refractivity contribution in [1.29, 1.82) is 0 Å². The van der Waals surface area contributed by atoms with E-state index in [9.17, 15) is 13.9 Å². The molecular weight excluding hydrogens is 296 g/mol. The first-order chi connectivity index (χ1) is 10.1. The number of alkyl halides is 2. The van der Waals surface area contributed by atoms with Gasteiger partial charge < -0.3 is 15.2 Å². The zero-order valence-electron chi connectivity index (χ0n) is 11.3. The van der Waals surface area contributed by atoms with E-state index in [0.29, 0.717) is 40.2 Å². The zero-order chi connectivity index (χ0) is 15.2. The van der Waals surface area contributed by atoms with Gasteiger partial charge >= 0.3 is 0 Å². The van der Waals surface area contributed by atoms with Gasteiger partial charge in [-0.2, -0.15) is 8.78 Å². The predicted octanol–water partition coefficient (Wildman–Crippen LogP) is 4.33. The molecule has 0 radical (unpaired) electrons. The van der Waals surface area contributed by atoms with Crippen molar-refractivity contribution >= 4 is 17.4 Å². The number of rotatable bonds is 6. The van der Waals surface area contributed by atoms with E-state index >= 15 is 0 Å². The van der Waals surface area contributed by atoms with Crippen LogP contribution in [0.1, 0.15) is 5.56 Å². The second-order valence-electron chi connectivity index (χ2n) is 4.22. The third-order valence-corrected chi connectivity index (χ3v) is 3.65. The van der Waals surface area contributed by atoms with Crippen molar-refractivity contribution in [3.8, 4) is 11.5 Å². The molecule has 0 spiro atoms. The van der Waals surface area contributed by atoms with E-state index in [1.165, 1.54) is 13.2 Å². The summed E-state index contributed by atoms with van der Waals surface area (Å²) in [5.41, 5.74) is 1.23. The highest BCUT2D eigenvalue weighted by Gasteiger charge is 2.10. The summed E-state index contributed by atoms with van der Waals surface area (Å²) in [6.45, 7) is 0.309. The van der Waals surface area contributed by atoms with Gasteiger partial charge in [0.25, 0.3) is 5.76 Å². The number of para-hydroxylation sites is 1. The lowest BCUT2D eigenvalue weighted by molar-refractivity contribution is 0.252. The SMILES string of the molecule is COc1ccc(O)c(CNc2ccccc2SC(F)F)c1. The fraction of sp³-hybridized carbons (Fsp3) is 0.200. The monoisotopic (exact) mass is 311 g/mol. The summed E-state index contributed by atoms with van der Waals surface area (Å²) in [5.74, 6) is -1.72. The van der Waals surface area contributed by atoms with Gasteiger partial charge in [-0.1, -0.05) is 23.9 Å². The van der Waals surface area contributed by atoms with Crippen LogP contribution >= 0.6 is 11.8 Å². The molecule has 21 heavy (non-hydrogen) atoms. The number of halogens is 2. The van der Waals surface area contributed by atoms with Gasteiger partial charge in [0.1, 0.15) is 11.5 Å². The van der Waals surface area contributed by atoms with E-state index in [4.69, 9.17) is 4.74 Å². The maximum atomic E-state index is 12.5. The quantitative estimate of drug-likeness (QED) is 0.779. The molecule has 0 unspecified atom stereocenters. The average Bonchev–Trinajstić information content (AvgIpc) is 2.47. The van der Waals surface area contributed by atoms with Crippen molar-refractivity contribution in [3.05, 3.63) is 48.0 Å². The maximum Gasteiger partial charge on any atom is 0.288 e. The molecule has 0 aliphatic rings. The van der Waals surface area contributed by atoms with Gasteiger partial charge in [0, 0.05) is 22.7 Å². The van der Waals surface area contributed by atoms with Crippen molar-refractivity contribution in [3.63, 3.8) is 0 Å². The van der Waals surface area contributed by atoms with E-state index in [2.05, 4.69) is 5.32 Å². The summed E-state index contributed by atoms with van der Waals surface area (Å²) in [6.07, 6.45) is 0. The van der Waals surface area contributed by atoms with Crippen LogP contribution in [0.4, 0.5) is 14.5 Å². The van der Waals surface area contributed by atoms with Crippen LogP contribution in [0.3, 0.4) is 0 Å². The van der Waals surface area contributed by atoms with Crippen molar-refractivity contribution in [2.24, 2.45) is 0 Å². The summed E-state index contributed by atoms with van der Waals surface area (Å²) in [5, 5.41) is 12.9. The van der Waals surface area contributed by atoms with Crippen molar-refractivity contribution in [1.82, 2.24) is 0 Å². The molecule has 112 valence electrons. The molecule has 0 fully saturated rings. The Hall–Kier alpha value is -1.95. The lowest BCUT2D eigenvalue weighted by Crippen LogP contribution is -2.01. The molecule has 0 saturated heterocycles. The van der Waals surface area contributed by atoms with Crippen LogP contribution in [-0.4, -0.2) is 18.0 Å². The molecule has 2 N–H and O–H groups in total. The molecule has 0 atom stereocenters. The first-order valence-corrected chi connectivity index (χ1v) is 7.11. The van der Waals surface area contributed by atoms with E-state index in [0.717, 1.165) is 0 Å². The smallest absolute Gasteiger partial charge is 0.288 e. The molecule has 0 aliphatic heterocycles. The van der Waals surface area contributed by atoms with Gasteiger partial charge in [0.05, 0.1) is 7.11 Å². The van der Waals surface area contributed by atoms with E-state index in [1.54, 1.807) is 36.4 Å². The number of benzene rings is 2. The summed E-state index contributed by atoms with van der Waals surface area (Å²) < 4.78 is 30.1. The minimum Gasteiger partial charge on any atom is -0.508 e. The third-order valence-electron chi connectivity index (χ3n) is 2.86. The van der Waals surface area contributed by atoms with Crippen molar-refractivity contribution in [2.45, 2.75) is 17.2 Å². The maximum absolute atomic E-state index is 12.5. The van der Waals surface area contributed by atoms with Gasteiger partial charge in [-0.05, 0) is 30.3 Å².